The molecule has 1 aliphatic heterocycles. The van der Waals surface area contributed by atoms with Crippen LogP contribution in [0.25, 0.3) is 0 Å². The van der Waals surface area contributed by atoms with Gasteiger partial charge in [-0.05, 0) is 11.9 Å². The van der Waals surface area contributed by atoms with Gasteiger partial charge in [0.2, 0.25) is 5.91 Å². The Hall–Kier alpha value is -0.160. The van der Waals surface area contributed by atoms with Crippen LogP contribution in [0.1, 0.15) is 6.42 Å². The van der Waals surface area contributed by atoms with Gasteiger partial charge in [0, 0.05) is 12.7 Å². The fourth-order valence-corrected chi connectivity index (χ4v) is 1.72. The van der Waals surface area contributed by atoms with Crippen molar-refractivity contribution in [2.24, 2.45) is 0 Å². The van der Waals surface area contributed by atoms with Gasteiger partial charge in [-0.3, -0.25) is 9.59 Å². The molecule has 1 fully saturated rings. The molecule has 2 amide bonds. The molecule has 0 aromatic heterocycles. The first-order valence-electron chi connectivity index (χ1n) is 2.75. The third-order valence-corrected chi connectivity index (χ3v) is 2.41. The number of carbonyl (C=O) groups is 2. The van der Waals surface area contributed by atoms with E-state index in [1.807, 2.05) is 0 Å². The van der Waals surface area contributed by atoms with Crippen LogP contribution in [-0.2, 0) is 9.59 Å². The molecule has 1 saturated heterocycles. The summed E-state index contributed by atoms with van der Waals surface area (Å²) < 4.78 is 1.15. The molecule has 0 saturated carbocycles. The Morgan fingerprint density at radius 2 is 2.30 bits per heavy atom. The molecule has 1 aliphatic rings. The highest BCUT2D eigenvalue weighted by Crippen LogP contribution is 2.22. The molecule has 1 atom stereocenters. The maximum atomic E-state index is 11.0. The lowest BCUT2D eigenvalue weighted by Gasteiger charge is -2.07. The highest BCUT2D eigenvalue weighted by molar-refractivity contribution is 7.97. The first-order valence-corrected chi connectivity index (χ1v) is 4.45. The number of nitrogens with zero attached hydrogens (tertiary/aromatic N) is 1. The van der Waals surface area contributed by atoms with E-state index < -0.39 is 5.25 Å². The third kappa shape index (κ3) is 1.15. The minimum absolute atomic E-state index is 0.141. The van der Waals surface area contributed by atoms with Gasteiger partial charge < -0.3 is 0 Å². The van der Waals surface area contributed by atoms with Crippen molar-refractivity contribution in [2.45, 2.75) is 11.7 Å². The van der Waals surface area contributed by atoms with Crippen LogP contribution in [-0.4, -0.2) is 27.6 Å². The topological polar surface area (TPSA) is 37.4 Å². The highest BCUT2D eigenvalue weighted by atomic mass is 32.2. The Morgan fingerprint density at radius 1 is 1.70 bits per heavy atom. The summed E-state index contributed by atoms with van der Waals surface area (Å²) in [5, 5.41) is -0.417. The van der Waals surface area contributed by atoms with Crippen LogP contribution in [0.2, 0.25) is 0 Å². The van der Waals surface area contributed by atoms with E-state index in [0.717, 1.165) is 16.3 Å². The van der Waals surface area contributed by atoms with E-state index in [0.29, 0.717) is 0 Å². The molecular formula is C5H7NO2S2. The maximum absolute atomic E-state index is 11.0. The van der Waals surface area contributed by atoms with Gasteiger partial charge in [0.05, 0.1) is 5.25 Å². The van der Waals surface area contributed by atoms with Gasteiger partial charge >= 0.3 is 0 Å². The summed E-state index contributed by atoms with van der Waals surface area (Å²) in [6, 6.07) is 0. The number of rotatable bonds is 1. The molecule has 1 rings (SSSR count). The van der Waals surface area contributed by atoms with Gasteiger partial charge in [0.25, 0.3) is 5.91 Å². The number of hydrogen-bond acceptors (Lipinski definition) is 4. The van der Waals surface area contributed by atoms with Crippen LogP contribution < -0.4 is 0 Å². The predicted octanol–water partition coefficient (Wildman–Crippen LogP) is 0.322. The van der Waals surface area contributed by atoms with Crippen molar-refractivity contribution in [3.8, 4) is 0 Å². The zero-order chi connectivity index (χ0) is 7.72. The van der Waals surface area contributed by atoms with Gasteiger partial charge in [0.1, 0.15) is 0 Å². The molecule has 0 bridgehead atoms. The lowest BCUT2D eigenvalue weighted by atomic mass is 10.4. The fraction of sp³-hybridized carbons (Fsp3) is 0.600. The Kier molecular flexibility index (Phi) is 2.25. The second kappa shape index (κ2) is 2.84. The second-order valence-electron chi connectivity index (χ2n) is 1.93. The molecule has 10 heavy (non-hydrogen) atoms. The zero-order valence-electron chi connectivity index (χ0n) is 5.40. The minimum Gasteiger partial charge on any atom is -0.273 e. The molecule has 0 radical (unpaired) electrons. The fourth-order valence-electron chi connectivity index (χ4n) is 0.786. The smallest absolute Gasteiger partial charge is 0.252 e. The molecule has 3 nitrogen and oxygen atoms in total. The summed E-state index contributed by atoms with van der Waals surface area (Å²) in [6.45, 7) is 0. The van der Waals surface area contributed by atoms with E-state index in [1.54, 1.807) is 6.26 Å². The molecule has 56 valence electrons. The number of imide groups is 1. The summed E-state index contributed by atoms with van der Waals surface area (Å²) in [5.74, 6) is -0.335. The van der Waals surface area contributed by atoms with Crippen LogP contribution in [0.5, 0.6) is 0 Å². The van der Waals surface area contributed by atoms with Crippen molar-refractivity contribution in [1.29, 1.82) is 0 Å². The molecule has 0 spiro atoms. The summed E-state index contributed by atoms with van der Waals surface area (Å²) in [5.41, 5.74) is 0. The van der Waals surface area contributed by atoms with Crippen LogP contribution in [0.3, 0.4) is 0 Å². The zero-order valence-corrected chi connectivity index (χ0v) is 7.11. The van der Waals surface area contributed by atoms with E-state index in [2.05, 4.69) is 12.6 Å². The standard InChI is InChI=1S/C5H7NO2S2/c1-10-6-4(7)2-3(9)5(6)8/h3,9H,2H2,1H3. The Labute approximate surface area is 68.7 Å². The predicted molar refractivity (Wildman–Crippen MR) is 42.8 cm³/mol. The van der Waals surface area contributed by atoms with Crippen molar-refractivity contribution >= 4 is 36.4 Å². The molecule has 0 aromatic carbocycles. The number of carbonyl (C=O) groups excluding carboxylic acids is 2. The normalized spacial score (nSPS) is 26.2. The minimum atomic E-state index is -0.417. The van der Waals surface area contributed by atoms with Crippen molar-refractivity contribution in [3.63, 3.8) is 0 Å². The largest absolute Gasteiger partial charge is 0.273 e. The molecule has 5 heteroatoms. The van der Waals surface area contributed by atoms with Gasteiger partial charge in [-0.2, -0.15) is 12.6 Å². The van der Waals surface area contributed by atoms with Gasteiger partial charge in [-0.25, -0.2) is 4.31 Å². The van der Waals surface area contributed by atoms with Crippen LogP contribution >= 0.6 is 24.6 Å². The van der Waals surface area contributed by atoms with Crippen LogP contribution in [0, 0.1) is 0 Å². The SMILES string of the molecule is CSN1C(=O)CC(S)C1=O. The van der Waals surface area contributed by atoms with Crippen LogP contribution in [0.4, 0.5) is 0 Å². The summed E-state index contributed by atoms with van der Waals surface area (Å²) in [7, 11) is 0. The third-order valence-electron chi connectivity index (χ3n) is 1.26. The summed E-state index contributed by atoms with van der Waals surface area (Å²) >= 11 is 5.07. The Bertz CT molecular complexity index is 182. The van der Waals surface area contributed by atoms with Gasteiger partial charge in [-0.15, -0.1) is 0 Å². The molecule has 0 aliphatic carbocycles. The number of thiol groups is 1. The van der Waals surface area contributed by atoms with Crippen molar-refractivity contribution in [1.82, 2.24) is 4.31 Å². The van der Waals surface area contributed by atoms with E-state index in [-0.39, 0.29) is 18.2 Å². The average molecular weight is 177 g/mol. The first kappa shape index (κ1) is 7.94. The molecule has 0 N–H and O–H groups in total. The molecule has 1 unspecified atom stereocenters. The molecular weight excluding hydrogens is 170 g/mol. The quantitative estimate of drug-likeness (QED) is 0.356. The molecule has 0 aromatic rings. The Balaban J connectivity index is 2.74. The van der Waals surface area contributed by atoms with Crippen molar-refractivity contribution in [2.75, 3.05) is 6.26 Å². The van der Waals surface area contributed by atoms with E-state index in [4.69, 9.17) is 0 Å². The van der Waals surface area contributed by atoms with E-state index >= 15 is 0 Å². The molecule has 1 heterocycles. The number of amides is 2. The van der Waals surface area contributed by atoms with Gasteiger partial charge in [0.15, 0.2) is 0 Å². The number of hydrogen-bond donors (Lipinski definition) is 1. The average Bonchev–Trinajstić information content (AvgIpc) is 2.09. The van der Waals surface area contributed by atoms with Gasteiger partial charge in [-0.1, -0.05) is 0 Å². The lowest BCUT2D eigenvalue weighted by Crippen LogP contribution is -2.23. The summed E-state index contributed by atoms with van der Waals surface area (Å²) in [4.78, 5) is 21.8. The second-order valence-corrected chi connectivity index (χ2v) is 3.28. The first-order chi connectivity index (χ1) is 4.66. The van der Waals surface area contributed by atoms with Crippen molar-refractivity contribution < 1.29 is 9.59 Å². The Morgan fingerprint density at radius 3 is 2.50 bits per heavy atom. The highest BCUT2D eigenvalue weighted by Gasteiger charge is 2.35. The summed E-state index contributed by atoms with van der Waals surface area (Å²) in [6.07, 6.45) is 1.93. The van der Waals surface area contributed by atoms with Crippen LogP contribution in [0.15, 0.2) is 0 Å². The lowest BCUT2D eigenvalue weighted by molar-refractivity contribution is -0.131. The van der Waals surface area contributed by atoms with Crippen molar-refractivity contribution in [3.05, 3.63) is 0 Å². The van der Waals surface area contributed by atoms with E-state index in [1.165, 1.54) is 0 Å². The van der Waals surface area contributed by atoms with E-state index in [9.17, 15) is 9.59 Å². The monoisotopic (exact) mass is 177 g/mol. The maximum Gasteiger partial charge on any atom is 0.252 e.